The fourth-order valence-electron chi connectivity index (χ4n) is 1.70. The maximum Gasteiger partial charge on any atom is 0.407 e. The fraction of sp³-hybridized carbons (Fsp3) is 0.909. The third-order valence-electron chi connectivity index (χ3n) is 2.72. The van der Waals surface area contributed by atoms with Crippen LogP contribution in [0.4, 0.5) is 4.79 Å². The van der Waals surface area contributed by atoms with Gasteiger partial charge in [-0.1, -0.05) is 13.3 Å². The van der Waals surface area contributed by atoms with Crippen LogP contribution in [0.25, 0.3) is 0 Å². The first-order chi connectivity index (χ1) is 7.33. The highest BCUT2D eigenvalue weighted by Crippen LogP contribution is 2.11. The van der Waals surface area contributed by atoms with Gasteiger partial charge in [0.05, 0.1) is 6.61 Å². The van der Waals surface area contributed by atoms with Crippen LogP contribution in [-0.2, 0) is 4.74 Å². The zero-order chi connectivity index (χ0) is 10.9. The molecule has 88 valence electrons. The Bertz CT molecular complexity index is 179. The van der Waals surface area contributed by atoms with Gasteiger partial charge in [0.25, 0.3) is 0 Å². The standard InChI is InChI=1S/C11H22N2O2/c1-2-3-6-13-11(14)15-8-5-10-4-7-12-9-10/h10,12H,2-9H2,1H3,(H,13,14). The second kappa shape index (κ2) is 7.51. The molecular formula is C11H22N2O2. The van der Waals surface area contributed by atoms with E-state index in [-0.39, 0.29) is 6.09 Å². The predicted molar refractivity (Wildman–Crippen MR) is 59.9 cm³/mol. The van der Waals surface area contributed by atoms with E-state index in [0.29, 0.717) is 12.5 Å². The monoisotopic (exact) mass is 214 g/mol. The third-order valence-corrected chi connectivity index (χ3v) is 2.72. The molecule has 4 nitrogen and oxygen atoms in total. The van der Waals surface area contributed by atoms with Crippen molar-refractivity contribution in [3.05, 3.63) is 0 Å². The number of ether oxygens (including phenoxy) is 1. The van der Waals surface area contributed by atoms with E-state index in [0.717, 1.165) is 38.9 Å². The molecule has 1 heterocycles. The average molecular weight is 214 g/mol. The van der Waals surface area contributed by atoms with Crippen molar-refractivity contribution in [3.8, 4) is 0 Å². The molecule has 1 saturated heterocycles. The molecule has 1 atom stereocenters. The van der Waals surface area contributed by atoms with E-state index >= 15 is 0 Å². The highest BCUT2D eigenvalue weighted by molar-refractivity contribution is 5.66. The summed E-state index contributed by atoms with van der Waals surface area (Å²) < 4.78 is 5.07. The van der Waals surface area contributed by atoms with Gasteiger partial charge >= 0.3 is 6.09 Å². The molecule has 1 amide bonds. The van der Waals surface area contributed by atoms with Crippen molar-refractivity contribution >= 4 is 6.09 Å². The van der Waals surface area contributed by atoms with Crippen LogP contribution >= 0.6 is 0 Å². The summed E-state index contributed by atoms with van der Waals surface area (Å²) in [4.78, 5) is 11.1. The summed E-state index contributed by atoms with van der Waals surface area (Å²) in [6.45, 7) is 5.54. The van der Waals surface area contributed by atoms with E-state index in [4.69, 9.17) is 4.74 Å². The highest BCUT2D eigenvalue weighted by Gasteiger charge is 2.14. The minimum absolute atomic E-state index is 0.269. The van der Waals surface area contributed by atoms with Crippen LogP contribution in [0.15, 0.2) is 0 Å². The summed E-state index contributed by atoms with van der Waals surface area (Å²) in [6.07, 6.45) is 4.03. The molecule has 0 aromatic carbocycles. The first kappa shape index (κ1) is 12.3. The van der Waals surface area contributed by atoms with Gasteiger partial charge in [0.2, 0.25) is 0 Å². The zero-order valence-corrected chi connectivity index (χ0v) is 9.55. The molecule has 0 bridgehead atoms. The second-order valence-electron chi connectivity index (χ2n) is 4.06. The van der Waals surface area contributed by atoms with Crippen molar-refractivity contribution in [2.24, 2.45) is 5.92 Å². The van der Waals surface area contributed by atoms with Gasteiger partial charge < -0.3 is 15.4 Å². The predicted octanol–water partition coefficient (Wildman–Crippen LogP) is 1.51. The molecule has 1 rings (SSSR count). The molecule has 2 N–H and O–H groups in total. The molecule has 0 aromatic rings. The number of rotatable bonds is 6. The normalized spacial score (nSPS) is 20.2. The molecule has 0 aliphatic carbocycles. The quantitative estimate of drug-likeness (QED) is 0.659. The molecular weight excluding hydrogens is 192 g/mol. The average Bonchev–Trinajstić information content (AvgIpc) is 2.71. The number of carbonyl (C=O) groups is 1. The number of alkyl carbamates (subject to hydrolysis) is 1. The lowest BCUT2D eigenvalue weighted by molar-refractivity contribution is 0.139. The summed E-state index contributed by atoms with van der Waals surface area (Å²) in [5.41, 5.74) is 0. The van der Waals surface area contributed by atoms with E-state index in [9.17, 15) is 4.79 Å². The van der Waals surface area contributed by atoms with Gasteiger partial charge in [0, 0.05) is 6.54 Å². The lowest BCUT2D eigenvalue weighted by atomic mass is 10.1. The van der Waals surface area contributed by atoms with E-state index in [1.165, 1.54) is 6.42 Å². The number of nitrogens with one attached hydrogen (secondary N) is 2. The molecule has 1 aliphatic heterocycles. The summed E-state index contributed by atoms with van der Waals surface area (Å²) in [5.74, 6) is 0.688. The molecule has 1 unspecified atom stereocenters. The Labute approximate surface area is 91.8 Å². The molecule has 0 radical (unpaired) electrons. The van der Waals surface area contributed by atoms with Crippen molar-refractivity contribution in [2.75, 3.05) is 26.2 Å². The summed E-state index contributed by atoms with van der Waals surface area (Å²) in [5, 5.41) is 6.03. The molecule has 0 saturated carbocycles. The smallest absolute Gasteiger partial charge is 0.407 e. The highest BCUT2D eigenvalue weighted by atomic mass is 16.5. The molecule has 0 aromatic heterocycles. The maximum absolute atomic E-state index is 11.1. The van der Waals surface area contributed by atoms with Gasteiger partial charge in [-0.05, 0) is 38.3 Å². The molecule has 4 heteroatoms. The first-order valence-electron chi connectivity index (χ1n) is 5.94. The minimum atomic E-state index is -0.269. The maximum atomic E-state index is 11.1. The summed E-state index contributed by atoms with van der Waals surface area (Å²) >= 11 is 0. The molecule has 15 heavy (non-hydrogen) atoms. The Hall–Kier alpha value is -0.770. The topological polar surface area (TPSA) is 50.4 Å². The Morgan fingerprint density at radius 2 is 2.47 bits per heavy atom. The van der Waals surface area contributed by atoms with Gasteiger partial charge in [-0.15, -0.1) is 0 Å². The van der Waals surface area contributed by atoms with Gasteiger partial charge in [-0.3, -0.25) is 0 Å². The van der Waals surface area contributed by atoms with Crippen LogP contribution in [0.1, 0.15) is 32.6 Å². The molecule has 1 aliphatic rings. The van der Waals surface area contributed by atoms with E-state index in [2.05, 4.69) is 17.6 Å². The Kier molecular flexibility index (Phi) is 6.16. The van der Waals surface area contributed by atoms with E-state index < -0.39 is 0 Å². The van der Waals surface area contributed by atoms with Gasteiger partial charge in [0.1, 0.15) is 0 Å². The SMILES string of the molecule is CCCCNC(=O)OCCC1CCNC1. The fourth-order valence-corrected chi connectivity index (χ4v) is 1.70. The summed E-state index contributed by atoms with van der Waals surface area (Å²) in [7, 11) is 0. The number of hydrogen-bond acceptors (Lipinski definition) is 3. The Balaban J connectivity index is 1.91. The van der Waals surface area contributed by atoms with Gasteiger partial charge in [-0.25, -0.2) is 4.79 Å². The van der Waals surface area contributed by atoms with Gasteiger partial charge in [0.15, 0.2) is 0 Å². The Morgan fingerprint density at radius 1 is 1.60 bits per heavy atom. The summed E-state index contributed by atoms with van der Waals surface area (Å²) in [6, 6.07) is 0. The number of unbranched alkanes of at least 4 members (excludes halogenated alkanes) is 1. The number of carbonyl (C=O) groups excluding carboxylic acids is 1. The lowest BCUT2D eigenvalue weighted by Gasteiger charge is -2.09. The van der Waals surface area contributed by atoms with Gasteiger partial charge in [-0.2, -0.15) is 0 Å². The zero-order valence-electron chi connectivity index (χ0n) is 9.55. The largest absolute Gasteiger partial charge is 0.450 e. The van der Waals surface area contributed by atoms with Crippen LogP contribution in [-0.4, -0.2) is 32.3 Å². The van der Waals surface area contributed by atoms with Crippen LogP contribution in [0.3, 0.4) is 0 Å². The van der Waals surface area contributed by atoms with Crippen LogP contribution in [0.5, 0.6) is 0 Å². The number of hydrogen-bond donors (Lipinski definition) is 2. The van der Waals surface area contributed by atoms with Crippen LogP contribution in [0, 0.1) is 5.92 Å². The second-order valence-corrected chi connectivity index (χ2v) is 4.06. The van der Waals surface area contributed by atoms with Crippen molar-refractivity contribution in [1.82, 2.24) is 10.6 Å². The van der Waals surface area contributed by atoms with E-state index in [1.54, 1.807) is 0 Å². The Morgan fingerprint density at radius 3 is 3.13 bits per heavy atom. The lowest BCUT2D eigenvalue weighted by Crippen LogP contribution is -2.26. The van der Waals surface area contributed by atoms with Crippen molar-refractivity contribution < 1.29 is 9.53 Å². The van der Waals surface area contributed by atoms with Crippen molar-refractivity contribution in [2.45, 2.75) is 32.6 Å². The van der Waals surface area contributed by atoms with Crippen molar-refractivity contribution in [1.29, 1.82) is 0 Å². The van der Waals surface area contributed by atoms with Crippen LogP contribution in [0.2, 0.25) is 0 Å². The van der Waals surface area contributed by atoms with Crippen LogP contribution < -0.4 is 10.6 Å². The number of amides is 1. The minimum Gasteiger partial charge on any atom is -0.450 e. The molecule has 0 spiro atoms. The van der Waals surface area contributed by atoms with Crippen molar-refractivity contribution in [3.63, 3.8) is 0 Å². The molecule has 1 fully saturated rings. The first-order valence-corrected chi connectivity index (χ1v) is 5.94. The van der Waals surface area contributed by atoms with E-state index in [1.807, 2.05) is 0 Å². The third kappa shape index (κ3) is 5.62.